The van der Waals surface area contributed by atoms with E-state index in [2.05, 4.69) is 20.8 Å². The molecule has 26 heavy (non-hydrogen) atoms. The summed E-state index contributed by atoms with van der Waals surface area (Å²) in [5, 5.41) is 17.4. The largest absolute Gasteiger partial charge is 0.508 e. The lowest BCUT2D eigenvalue weighted by Crippen LogP contribution is -2.17. The van der Waals surface area contributed by atoms with Crippen molar-refractivity contribution in [2.45, 2.75) is 6.92 Å². The Hall–Kier alpha value is -2.90. The third kappa shape index (κ3) is 4.59. The number of halogens is 1. The number of benzene rings is 2. The summed E-state index contributed by atoms with van der Waals surface area (Å²) < 4.78 is 0. The molecule has 0 radical (unpaired) electrons. The van der Waals surface area contributed by atoms with E-state index in [1.165, 1.54) is 35.2 Å². The molecule has 0 saturated heterocycles. The topological polar surface area (TPSA) is 86.6 Å². The molecule has 0 saturated carbocycles. The number of phenols is 1. The second-order valence-corrected chi connectivity index (χ2v) is 6.80. The molecule has 0 aliphatic carbocycles. The Bertz CT molecular complexity index is 954. The average molecular weight is 387 g/mol. The van der Waals surface area contributed by atoms with E-state index in [9.17, 15) is 9.90 Å². The van der Waals surface area contributed by atoms with Crippen molar-refractivity contribution in [2.24, 2.45) is 5.10 Å². The highest BCUT2D eigenvalue weighted by Gasteiger charge is 2.09. The number of nitrogens with zero attached hydrogens (tertiary/aromatic N) is 2. The van der Waals surface area contributed by atoms with Crippen molar-refractivity contribution >= 4 is 45.9 Å². The molecule has 0 aliphatic heterocycles. The number of hydrogen-bond acceptors (Lipinski definition) is 6. The van der Waals surface area contributed by atoms with Crippen LogP contribution in [0.4, 0.5) is 10.8 Å². The van der Waals surface area contributed by atoms with Crippen LogP contribution in [0.15, 0.2) is 53.6 Å². The molecule has 2 aromatic carbocycles. The van der Waals surface area contributed by atoms with Crippen LogP contribution in [0.25, 0.3) is 0 Å². The third-order valence-corrected chi connectivity index (χ3v) is 4.67. The number of aromatic hydroxyl groups is 1. The number of hydrazone groups is 1. The predicted molar refractivity (Wildman–Crippen MR) is 105 cm³/mol. The number of amides is 1. The van der Waals surface area contributed by atoms with Gasteiger partial charge >= 0.3 is 0 Å². The summed E-state index contributed by atoms with van der Waals surface area (Å²) in [6, 6.07) is 13.9. The van der Waals surface area contributed by atoms with Crippen molar-refractivity contribution in [3.8, 4) is 5.75 Å². The predicted octanol–water partition coefficient (Wildman–Crippen LogP) is 4.32. The first-order chi connectivity index (χ1) is 12.5. The lowest BCUT2D eigenvalue weighted by molar-refractivity contribution is 0.0954. The first kappa shape index (κ1) is 17.9. The van der Waals surface area contributed by atoms with Gasteiger partial charge in [0.2, 0.25) is 0 Å². The lowest BCUT2D eigenvalue weighted by atomic mass is 10.2. The molecule has 8 heteroatoms. The van der Waals surface area contributed by atoms with Gasteiger partial charge in [-0.15, -0.1) is 0 Å². The van der Waals surface area contributed by atoms with Crippen LogP contribution in [-0.2, 0) is 0 Å². The monoisotopic (exact) mass is 386 g/mol. The van der Waals surface area contributed by atoms with Crippen LogP contribution in [0.5, 0.6) is 5.75 Å². The fourth-order valence-corrected chi connectivity index (χ4v) is 3.12. The van der Waals surface area contributed by atoms with Gasteiger partial charge in [-0.3, -0.25) is 4.79 Å². The van der Waals surface area contributed by atoms with E-state index in [1.54, 1.807) is 12.1 Å². The highest BCUT2D eigenvalue weighted by atomic mass is 35.5. The van der Waals surface area contributed by atoms with Crippen LogP contribution >= 0.6 is 22.9 Å². The number of carbonyl (C=O) groups is 1. The van der Waals surface area contributed by atoms with E-state index < -0.39 is 5.91 Å². The Morgan fingerprint density at radius 2 is 2.04 bits per heavy atom. The quantitative estimate of drug-likeness (QED) is 0.450. The van der Waals surface area contributed by atoms with Gasteiger partial charge in [-0.1, -0.05) is 46.7 Å². The maximum absolute atomic E-state index is 12.0. The van der Waals surface area contributed by atoms with Crippen LogP contribution < -0.4 is 10.7 Å². The number of rotatable bonds is 5. The van der Waals surface area contributed by atoms with E-state index >= 15 is 0 Å². The number of thiazole rings is 1. The average Bonchev–Trinajstić information content (AvgIpc) is 2.96. The molecule has 1 aromatic heterocycles. The molecule has 1 heterocycles. The summed E-state index contributed by atoms with van der Waals surface area (Å²) in [4.78, 5) is 16.8. The molecular weight excluding hydrogens is 372 g/mol. The molecule has 6 nitrogen and oxygen atoms in total. The molecule has 132 valence electrons. The van der Waals surface area contributed by atoms with Gasteiger partial charge in [-0.25, -0.2) is 10.4 Å². The SMILES string of the molecule is Cc1ccc(Nc2nc(Cl)c(/C=N/NC(=O)c3cccc(O)c3)s2)cc1. The highest BCUT2D eigenvalue weighted by Crippen LogP contribution is 2.28. The number of aryl methyl sites for hydroxylation is 1. The van der Waals surface area contributed by atoms with Crippen LogP contribution in [0.3, 0.4) is 0 Å². The maximum atomic E-state index is 12.0. The van der Waals surface area contributed by atoms with Crippen molar-refractivity contribution < 1.29 is 9.90 Å². The van der Waals surface area contributed by atoms with E-state index in [-0.39, 0.29) is 5.75 Å². The van der Waals surface area contributed by atoms with Gasteiger partial charge in [0.1, 0.15) is 5.75 Å². The smallest absolute Gasteiger partial charge is 0.271 e. The Kier molecular flexibility index (Phi) is 5.50. The van der Waals surface area contributed by atoms with Crippen molar-refractivity contribution in [2.75, 3.05) is 5.32 Å². The van der Waals surface area contributed by atoms with Crippen LogP contribution in [0.1, 0.15) is 20.8 Å². The fraction of sp³-hybridized carbons (Fsp3) is 0.0556. The van der Waals surface area contributed by atoms with Gasteiger partial charge in [0.15, 0.2) is 10.3 Å². The van der Waals surface area contributed by atoms with Crippen LogP contribution in [-0.4, -0.2) is 22.2 Å². The summed E-state index contributed by atoms with van der Waals surface area (Å²) in [5.74, 6) is -0.422. The highest BCUT2D eigenvalue weighted by molar-refractivity contribution is 7.17. The van der Waals surface area contributed by atoms with Crippen molar-refractivity contribution in [1.29, 1.82) is 0 Å². The molecule has 0 atom stereocenters. The van der Waals surface area contributed by atoms with Gasteiger partial charge < -0.3 is 10.4 Å². The van der Waals surface area contributed by atoms with E-state index in [0.717, 1.165) is 5.69 Å². The normalized spacial score (nSPS) is 10.8. The van der Waals surface area contributed by atoms with E-state index in [0.29, 0.717) is 20.7 Å². The maximum Gasteiger partial charge on any atom is 0.271 e. The zero-order valence-corrected chi connectivity index (χ0v) is 15.3. The molecule has 1 amide bonds. The third-order valence-electron chi connectivity index (χ3n) is 3.37. The molecule has 3 N–H and O–H groups in total. The lowest BCUT2D eigenvalue weighted by Gasteiger charge is -2.01. The molecule has 3 aromatic rings. The summed E-state index contributed by atoms with van der Waals surface area (Å²) >= 11 is 7.43. The minimum Gasteiger partial charge on any atom is -0.508 e. The molecule has 0 unspecified atom stereocenters. The van der Waals surface area contributed by atoms with Gasteiger partial charge in [-0.2, -0.15) is 5.10 Å². The molecule has 0 fully saturated rings. The Morgan fingerprint density at radius 3 is 2.77 bits per heavy atom. The van der Waals surface area contributed by atoms with Crippen molar-refractivity contribution in [3.05, 3.63) is 69.7 Å². The Labute approximate surface area is 159 Å². The van der Waals surface area contributed by atoms with Crippen molar-refractivity contribution in [3.63, 3.8) is 0 Å². The summed E-state index contributed by atoms with van der Waals surface area (Å²) in [6.45, 7) is 2.02. The first-order valence-electron chi connectivity index (χ1n) is 7.64. The number of aromatic nitrogens is 1. The Balaban J connectivity index is 1.64. The van der Waals surface area contributed by atoms with Gasteiger partial charge in [0, 0.05) is 11.3 Å². The number of anilines is 2. The summed E-state index contributed by atoms with van der Waals surface area (Å²) in [5.41, 5.74) is 4.76. The van der Waals surface area contributed by atoms with Crippen molar-refractivity contribution in [1.82, 2.24) is 10.4 Å². The second-order valence-electron chi connectivity index (χ2n) is 5.41. The van der Waals surface area contributed by atoms with Crippen LogP contribution in [0, 0.1) is 6.92 Å². The number of phenolic OH excluding ortho intramolecular Hbond substituents is 1. The summed E-state index contributed by atoms with van der Waals surface area (Å²) in [6.07, 6.45) is 1.43. The molecule has 3 rings (SSSR count). The second kappa shape index (κ2) is 7.99. The zero-order valence-electron chi connectivity index (χ0n) is 13.7. The Morgan fingerprint density at radius 1 is 1.27 bits per heavy atom. The van der Waals surface area contributed by atoms with Gasteiger partial charge in [0.05, 0.1) is 11.1 Å². The molecule has 0 bridgehead atoms. The molecule has 0 spiro atoms. The minimum atomic E-state index is -0.434. The molecular formula is C18H15ClN4O2S. The van der Waals surface area contributed by atoms with Crippen LogP contribution in [0.2, 0.25) is 5.15 Å². The number of carbonyl (C=O) groups excluding carboxylic acids is 1. The zero-order chi connectivity index (χ0) is 18.5. The standard InChI is InChI=1S/C18H15ClN4O2S/c1-11-5-7-13(8-6-11)21-18-22-16(19)15(26-18)10-20-23-17(25)12-3-2-4-14(24)9-12/h2-10,24H,1H3,(H,21,22)(H,23,25)/b20-10+. The first-order valence-corrected chi connectivity index (χ1v) is 8.83. The van der Waals surface area contributed by atoms with Gasteiger partial charge in [-0.05, 0) is 37.3 Å². The molecule has 0 aliphatic rings. The minimum absolute atomic E-state index is 0.0129. The number of hydrogen-bond donors (Lipinski definition) is 3. The fourth-order valence-electron chi connectivity index (χ4n) is 2.07. The summed E-state index contributed by atoms with van der Waals surface area (Å²) in [7, 11) is 0. The van der Waals surface area contributed by atoms with E-state index in [4.69, 9.17) is 11.6 Å². The van der Waals surface area contributed by atoms with E-state index in [1.807, 2.05) is 31.2 Å². The van der Waals surface area contributed by atoms with Gasteiger partial charge in [0.25, 0.3) is 5.91 Å². The number of nitrogens with one attached hydrogen (secondary N) is 2.